The first-order chi connectivity index (χ1) is 18.0. The number of sulfonamides is 1. The molecule has 2 N–H and O–H groups in total. The van der Waals surface area contributed by atoms with Crippen molar-refractivity contribution in [1.82, 2.24) is 4.98 Å². The molecule has 0 fully saturated rings. The minimum atomic E-state index is -3.91. The monoisotopic (exact) mass is 518 g/mol. The topological polar surface area (TPSA) is 86.5 Å². The summed E-state index contributed by atoms with van der Waals surface area (Å²) in [6, 6.07) is 23.2. The molecular formula is C29H32N3O4S+. The number of para-hydroxylation sites is 2. The number of nitrogens with zero attached hydrogens (tertiary/aromatic N) is 2. The predicted molar refractivity (Wildman–Crippen MR) is 144 cm³/mol. The number of aliphatic hydroxyl groups excluding tert-OH is 1. The van der Waals surface area contributed by atoms with Gasteiger partial charge in [-0.3, -0.25) is 4.31 Å². The predicted octanol–water partition coefficient (Wildman–Crippen LogP) is 4.54. The first kappa shape index (κ1) is 25.0. The van der Waals surface area contributed by atoms with E-state index in [0.717, 1.165) is 36.1 Å². The Kier molecular flexibility index (Phi) is 7.30. The van der Waals surface area contributed by atoms with Crippen LogP contribution in [0.25, 0.3) is 11.0 Å². The van der Waals surface area contributed by atoms with Crippen molar-refractivity contribution < 1.29 is 22.8 Å². The van der Waals surface area contributed by atoms with Gasteiger partial charge in [-0.15, -0.1) is 0 Å². The van der Waals surface area contributed by atoms with E-state index < -0.39 is 16.1 Å². The van der Waals surface area contributed by atoms with Crippen LogP contribution in [-0.4, -0.2) is 38.3 Å². The van der Waals surface area contributed by atoms with E-state index in [1.54, 1.807) is 61.7 Å². The lowest BCUT2D eigenvalue weighted by Gasteiger charge is -2.27. The molecule has 1 aromatic heterocycles. The Labute approximate surface area is 217 Å². The summed E-state index contributed by atoms with van der Waals surface area (Å²) in [5, 5.41) is 11.4. The molecule has 1 aliphatic carbocycles. The second-order valence-electron chi connectivity index (χ2n) is 9.32. The van der Waals surface area contributed by atoms with E-state index in [1.165, 1.54) is 4.31 Å². The quantitative estimate of drug-likeness (QED) is 0.252. The smallest absolute Gasteiger partial charge is 0.264 e. The Morgan fingerprint density at radius 3 is 2.46 bits per heavy atom. The van der Waals surface area contributed by atoms with Gasteiger partial charge in [0.05, 0.1) is 30.2 Å². The third-order valence-electron chi connectivity index (χ3n) is 6.87. The number of ether oxygens (including phenoxy) is 1. The molecule has 5 rings (SSSR count). The van der Waals surface area contributed by atoms with Gasteiger partial charge in [-0.2, -0.15) is 0 Å². The van der Waals surface area contributed by atoms with Crippen molar-refractivity contribution in [2.24, 2.45) is 0 Å². The number of hydrogen-bond donors (Lipinski definition) is 2. The molecule has 0 saturated heterocycles. The van der Waals surface area contributed by atoms with E-state index in [1.807, 2.05) is 24.3 Å². The van der Waals surface area contributed by atoms with E-state index >= 15 is 0 Å². The molecule has 2 unspecified atom stereocenters. The molecule has 0 bridgehead atoms. The van der Waals surface area contributed by atoms with Gasteiger partial charge in [-0.05, 0) is 67.8 Å². The molecule has 0 saturated carbocycles. The van der Waals surface area contributed by atoms with Crippen LogP contribution in [0.1, 0.15) is 31.0 Å². The van der Waals surface area contributed by atoms with Crippen molar-refractivity contribution in [3.05, 3.63) is 96.8 Å². The van der Waals surface area contributed by atoms with Crippen LogP contribution in [0.5, 0.6) is 5.75 Å². The van der Waals surface area contributed by atoms with Crippen LogP contribution in [0.15, 0.2) is 95.9 Å². The van der Waals surface area contributed by atoms with Crippen LogP contribution in [0, 0.1) is 0 Å². The molecule has 1 heterocycles. The highest BCUT2D eigenvalue weighted by atomic mass is 32.2. The Hall–Kier alpha value is -3.62. The maximum atomic E-state index is 13.7. The van der Waals surface area contributed by atoms with E-state index in [2.05, 4.69) is 21.7 Å². The zero-order valence-electron chi connectivity index (χ0n) is 20.8. The number of nitrogens with one attached hydrogen (secondary N) is 1. The summed E-state index contributed by atoms with van der Waals surface area (Å²) >= 11 is 0. The molecule has 0 amide bonds. The fraction of sp³-hybridized carbons (Fsp3) is 0.276. The number of benzene rings is 3. The minimum Gasteiger partial charge on any atom is -0.497 e. The van der Waals surface area contributed by atoms with Crippen molar-refractivity contribution in [2.45, 2.75) is 42.7 Å². The van der Waals surface area contributed by atoms with E-state index in [9.17, 15) is 13.5 Å². The number of aromatic nitrogens is 2. The van der Waals surface area contributed by atoms with Gasteiger partial charge in [-0.1, -0.05) is 42.5 Å². The van der Waals surface area contributed by atoms with Crippen LogP contribution < -0.4 is 13.6 Å². The summed E-state index contributed by atoms with van der Waals surface area (Å²) in [6.07, 6.45) is 6.44. The molecule has 1 aliphatic rings. The lowest BCUT2D eigenvalue weighted by Crippen LogP contribution is -2.48. The van der Waals surface area contributed by atoms with Gasteiger partial charge in [0, 0.05) is 0 Å². The highest BCUT2D eigenvalue weighted by Gasteiger charge is 2.31. The van der Waals surface area contributed by atoms with Gasteiger partial charge in [-0.25, -0.2) is 18.0 Å². The van der Waals surface area contributed by atoms with Crippen LogP contribution in [0.3, 0.4) is 0 Å². The third-order valence-corrected chi connectivity index (χ3v) is 8.67. The molecule has 192 valence electrons. The normalized spacial score (nSPS) is 16.5. The summed E-state index contributed by atoms with van der Waals surface area (Å²) < 4.78 is 36.1. The molecular weight excluding hydrogens is 486 g/mol. The van der Waals surface area contributed by atoms with E-state index in [0.29, 0.717) is 17.4 Å². The van der Waals surface area contributed by atoms with Crippen molar-refractivity contribution in [2.75, 3.05) is 18.0 Å². The number of rotatable bonds is 9. The maximum absolute atomic E-state index is 13.7. The summed E-state index contributed by atoms with van der Waals surface area (Å²) in [5.74, 6) is 2.00. The van der Waals surface area contributed by atoms with Crippen molar-refractivity contribution in [1.29, 1.82) is 0 Å². The average molecular weight is 519 g/mol. The summed E-state index contributed by atoms with van der Waals surface area (Å²) in [6.45, 7) is 0.163. The Morgan fingerprint density at radius 2 is 1.76 bits per heavy atom. The second-order valence-corrected chi connectivity index (χ2v) is 11.2. The zero-order valence-corrected chi connectivity index (χ0v) is 21.6. The van der Waals surface area contributed by atoms with E-state index in [-0.39, 0.29) is 18.0 Å². The molecule has 7 nitrogen and oxygen atoms in total. The largest absolute Gasteiger partial charge is 0.497 e. The molecule has 4 aromatic rings. The number of imidazole rings is 1. The van der Waals surface area contributed by atoms with Crippen LogP contribution in [-0.2, 0) is 16.6 Å². The first-order valence-corrected chi connectivity index (χ1v) is 14.0. The van der Waals surface area contributed by atoms with E-state index in [4.69, 9.17) is 4.74 Å². The van der Waals surface area contributed by atoms with Crippen molar-refractivity contribution in [3.8, 4) is 5.75 Å². The number of H-pyrrole nitrogens is 1. The summed E-state index contributed by atoms with van der Waals surface area (Å²) in [4.78, 5) is 3.74. The molecule has 2 atom stereocenters. The molecule has 0 radical (unpaired) electrons. The number of allylic oxidation sites excluding steroid dienone is 2. The Morgan fingerprint density at radius 1 is 1.03 bits per heavy atom. The SMILES string of the molecule is COc1ccc(N(CC(O)C[n+]2c(C3CC=CCC3)[nH]c3ccccc32)S(=O)(=O)c2ccccc2)cc1. The Balaban J connectivity index is 1.49. The lowest BCUT2D eigenvalue weighted by atomic mass is 9.93. The number of fused-ring (bicyclic) bond motifs is 1. The summed E-state index contributed by atoms with van der Waals surface area (Å²) in [7, 11) is -2.35. The maximum Gasteiger partial charge on any atom is 0.264 e. The first-order valence-electron chi connectivity index (χ1n) is 12.5. The molecule has 37 heavy (non-hydrogen) atoms. The number of aliphatic hydroxyl groups is 1. The Bertz CT molecular complexity index is 1480. The second kappa shape index (κ2) is 10.8. The van der Waals surface area contributed by atoms with Crippen LogP contribution >= 0.6 is 0 Å². The van der Waals surface area contributed by atoms with Crippen LogP contribution in [0.4, 0.5) is 5.69 Å². The van der Waals surface area contributed by atoms with Crippen molar-refractivity contribution >= 4 is 26.7 Å². The number of aromatic amines is 1. The van der Waals surface area contributed by atoms with Crippen LogP contribution in [0.2, 0.25) is 0 Å². The van der Waals surface area contributed by atoms with Gasteiger partial charge in [0.15, 0.2) is 11.0 Å². The average Bonchev–Trinajstić information content (AvgIpc) is 3.31. The highest BCUT2D eigenvalue weighted by Crippen LogP contribution is 2.29. The standard InChI is InChI=1S/C29H31N3O4S/c1-36-25-18-16-23(17-19-25)32(37(34,35)26-12-6-3-7-13-26)21-24(33)20-31-28-15-9-8-14-27(28)30-29(31)22-10-4-2-5-11-22/h2-4,6-9,12-19,22,24,33H,5,10-11,20-21H2,1H3/p+1. The molecule has 0 spiro atoms. The van der Waals surface area contributed by atoms with Gasteiger partial charge >= 0.3 is 0 Å². The van der Waals surface area contributed by atoms with Gasteiger partial charge < -0.3 is 9.84 Å². The minimum absolute atomic E-state index is 0.0972. The molecule has 0 aliphatic heterocycles. The molecule has 8 heteroatoms. The summed E-state index contributed by atoms with van der Waals surface area (Å²) in [5.41, 5.74) is 2.46. The van der Waals surface area contributed by atoms with Crippen molar-refractivity contribution in [3.63, 3.8) is 0 Å². The number of anilines is 1. The van der Waals surface area contributed by atoms with Gasteiger partial charge in [0.25, 0.3) is 15.8 Å². The number of hydrogen-bond acceptors (Lipinski definition) is 4. The number of methoxy groups -OCH3 is 1. The third kappa shape index (κ3) is 5.26. The fourth-order valence-corrected chi connectivity index (χ4v) is 6.50. The highest BCUT2D eigenvalue weighted by molar-refractivity contribution is 7.92. The van der Waals surface area contributed by atoms with Gasteiger partial charge in [0.1, 0.15) is 18.4 Å². The molecule has 3 aromatic carbocycles. The lowest BCUT2D eigenvalue weighted by molar-refractivity contribution is -0.686. The fourth-order valence-electron chi connectivity index (χ4n) is 4.98. The van der Waals surface area contributed by atoms with Gasteiger partial charge in [0.2, 0.25) is 0 Å². The zero-order chi connectivity index (χ0) is 25.8.